The van der Waals surface area contributed by atoms with Gasteiger partial charge in [0.05, 0.1) is 33.0 Å². The summed E-state index contributed by atoms with van der Waals surface area (Å²) in [4.78, 5) is 48.6. The van der Waals surface area contributed by atoms with Crippen LogP contribution in [-0.2, 0) is 28.6 Å². The fourth-order valence-electron chi connectivity index (χ4n) is 2.42. The molecule has 0 saturated heterocycles. The van der Waals surface area contributed by atoms with Crippen molar-refractivity contribution in [1.29, 1.82) is 5.26 Å². The molecule has 0 aliphatic heterocycles. The third-order valence-electron chi connectivity index (χ3n) is 3.98. The Bertz CT molecular complexity index is 736. The number of rotatable bonds is 7. The number of benzene rings is 1. The lowest BCUT2D eigenvalue weighted by Crippen LogP contribution is -2.51. The van der Waals surface area contributed by atoms with Gasteiger partial charge in [0.25, 0.3) is 5.91 Å². The van der Waals surface area contributed by atoms with Gasteiger partial charge in [-0.1, -0.05) is 6.92 Å². The van der Waals surface area contributed by atoms with Crippen LogP contribution in [0.5, 0.6) is 0 Å². The van der Waals surface area contributed by atoms with Crippen LogP contribution in [0, 0.1) is 23.2 Å². The normalized spacial score (nSPS) is 12.3. The lowest BCUT2D eigenvalue weighted by atomic mass is 9.87. The van der Waals surface area contributed by atoms with Crippen LogP contribution in [0.3, 0.4) is 0 Å². The monoisotopic (exact) mass is 376 g/mol. The molecule has 1 amide bonds. The number of nitrogens with one attached hydrogen (secondary N) is 1. The molecule has 0 aliphatic rings. The highest BCUT2D eigenvalue weighted by molar-refractivity contribution is 5.99. The van der Waals surface area contributed by atoms with Crippen molar-refractivity contribution in [1.82, 2.24) is 5.32 Å². The lowest BCUT2D eigenvalue weighted by molar-refractivity contribution is -0.162. The van der Waals surface area contributed by atoms with Crippen LogP contribution < -0.4 is 5.32 Å². The molecule has 144 valence electrons. The Labute approximate surface area is 156 Å². The Hall–Kier alpha value is -3.41. The Morgan fingerprint density at radius 3 is 1.81 bits per heavy atom. The standard InChI is InChI=1S/C18H20N2O7/c1-10(13(16(22)25-2)17(23)26-3)14(18(24)27-4)20-15(21)12-7-5-11(9-19)6-8-12/h5-8,10,13-14H,1-4H3,(H,20,21)/t10-,14+/m1/s1. The largest absolute Gasteiger partial charge is 0.468 e. The van der Waals surface area contributed by atoms with E-state index in [2.05, 4.69) is 19.5 Å². The van der Waals surface area contributed by atoms with E-state index in [0.717, 1.165) is 21.3 Å². The van der Waals surface area contributed by atoms with E-state index in [4.69, 9.17) is 5.26 Å². The molecule has 1 aromatic rings. The summed E-state index contributed by atoms with van der Waals surface area (Å²) in [6.45, 7) is 1.42. The van der Waals surface area contributed by atoms with E-state index in [1.165, 1.54) is 31.2 Å². The third kappa shape index (κ3) is 5.28. The second-order valence-electron chi connectivity index (χ2n) is 5.55. The van der Waals surface area contributed by atoms with Crippen LogP contribution in [0.15, 0.2) is 24.3 Å². The van der Waals surface area contributed by atoms with Gasteiger partial charge >= 0.3 is 17.9 Å². The van der Waals surface area contributed by atoms with Gasteiger partial charge in [0.1, 0.15) is 6.04 Å². The minimum atomic E-state index is -1.44. The van der Waals surface area contributed by atoms with Gasteiger partial charge < -0.3 is 19.5 Å². The maximum Gasteiger partial charge on any atom is 0.328 e. The summed E-state index contributed by atoms with van der Waals surface area (Å²) in [7, 11) is 3.29. The average Bonchev–Trinajstić information content (AvgIpc) is 2.70. The number of hydrogen-bond acceptors (Lipinski definition) is 8. The van der Waals surface area contributed by atoms with E-state index in [1.54, 1.807) is 0 Å². The highest BCUT2D eigenvalue weighted by Crippen LogP contribution is 2.21. The Balaban J connectivity index is 3.14. The number of ether oxygens (including phenoxy) is 3. The van der Waals surface area contributed by atoms with E-state index < -0.39 is 41.7 Å². The molecule has 0 unspecified atom stereocenters. The fraction of sp³-hybridized carbons (Fsp3) is 0.389. The first-order chi connectivity index (χ1) is 12.8. The number of carbonyl (C=O) groups excluding carboxylic acids is 4. The quantitative estimate of drug-likeness (QED) is 0.412. The van der Waals surface area contributed by atoms with Gasteiger partial charge in [0.15, 0.2) is 5.92 Å². The molecule has 0 fully saturated rings. The van der Waals surface area contributed by atoms with Crippen LogP contribution in [0.25, 0.3) is 0 Å². The number of hydrogen-bond donors (Lipinski definition) is 1. The van der Waals surface area contributed by atoms with Crippen molar-refractivity contribution < 1.29 is 33.4 Å². The topological polar surface area (TPSA) is 132 Å². The predicted octanol–water partition coefficient (Wildman–Crippen LogP) is 0.428. The molecule has 9 nitrogen and oxygen atoms in total. The fourth-order valence-corrected chi connectivity index (χ4v) is 2.42. The first kappa shape index (κ1) is 21.6. The molecular formula is C18H20N2O7. The second kappa shape index (κ2) is 9.91. The summed E-state index contributed by atoms with van der Waals surface area (Å²) in [5, 5.41) is 11.3. The highest BCUT2D eigenvalue weighted by atomic mass is 16.5. The van der Waals surface area contributed by atoms with Gasteiger partial charge in [0, 0.05) is 11.5 Å². The van der Waals surface area contributed by atoms with Crippen molar-refractivity contribution in [3.8, 4) is 6.07 Å². The Morgan fingerprint density at radius 2 is 1.41 bits per heavy atom. The Morgan fingerprint density at radius 1 is 0.926 bits per heavy atom. The average molecular weight is 376 g/mol. The molecule has 27 heavy (non-hydrogen) atoms. The van der Waals surface area contributed by atoms with E-state index in [1.807, 2.05) is 6.07 Å². The highest BCUT2D eigenvalue weighted by Gasteiger charge is 2.42. The molecule has 0 saturated carbocycles. The van der Waals surface area contributed by atoms with Crippen LogP contribution >= 0.6 is 0 Å². The van der Waals surface area contributed by atoms with Crippen molar-refractivity contribution in [3.63, 3.8) is 0 Å². The van der Waals surface area contributed by atoms with Gasteiger partial charge in [-0.25, -0.2) is 4.79 Å². The Kier molecular flexibility index (Phi) is 7.94. The molecule has 0 bridgehead atoms. The molecule has 1 rings (SSSR count). The minimum absolute atomic E-state index is 0.183. The molecule has 0 aromatic heterocycles. The minimum Gasteiger partial charge on any atom is -0.468 e. The van der Waals surface area contributed by atoms with Crippen molar-refractivity contribution >= 4 is 23.8 Å². The summed E-state index contributed by atoms with van der Waals surface area (Å²) in [6.07, 6.45) is 0. The molecule has 9 heteroatoms. The number of nitrogens with zero attached hydrogens (tertiary/aromatic N) is 1. The van der Waals surface area contributed by atoms with Crippen molar-refractivity contribution in [3.05, 3.63) is 35.4 Å². The van der Waals surface area contributed by atoms with E-state index in [-0.39, 0.29) is 5.56 Å². The zero-order valence-electron chi connectivity index (χ0n) is 15.3. The van der Waals surface area contributed by atoms with Crippen molar-refractivity contribution in [2.75, 3.05) is 21.3 Å². The second-order valence-corrected chi connectivity index (χ2v) is 5.55. The van der Waals surface area contributed by atoms with Gasteiger partial charge in [-0.05, 0) is 24.3 Å². The first-order valence-electron chi connectivity index (χ1n) is 7.85. The van der Waals surface area contributed by atoms with Gasteiger partial charge in [-0.2, -0.15) is 5.26 Å². The number of carbonyl (C=O) groups is 4. The van der Waals surface area contributed by atoms with E-state index >= 15 is 0 Å². The number of nitriles is 1. The van der Waals surface area contributed by atoms with E-state index in [9.17, 15) is 19.2 Å². The van der Waals surface area contributed by atoms with Gasteiger partial charge in [-0.15, -0.1) is 0 Å². The molecule has 0 heterocycles. The predicted molar refractivity (Wildman–Crippen MR) is 91.1 cm³/mol. The van der Waals surface area contributed by atoms with Crippen molar-refractivity contribution in [2.24, 2.45) is 11.8 Å². The molecule has 0 radical (unpaired) electrons. The van der Waals surface area contributed by atoms with E-state index in [0.29, 0.717) is 5.56 Å². The summed E-state index contributed by atoms with van der Waals surface area (Å²) in [5.41, 5.74) is 0.545. The van der Waals surface area contributed by atoms with Crippen LogP contribution in [0.4, 0.5) is 0 Å². The van der Waals surface area contributed by atoms with Crippen LogP contribution in [0.2, 0.25) is 0 Å². The number of amides is 1. The third-order valence-corrected chi connectivity index (χ3v) is 3.98. The van der Waals surface area contributed by atoms with Crippen LogP contribution in [0.1, 0.15) is 22.8 Å². The number of esters is 3. The van der Waals surface area contributed by atoms with Crippen molar-refractivity contribution in [2.45, 2.75) is 13.0 Å². The molecule has 1 N–H and O–H groups in total. The maximum atomic E-state index is 12.4. The summed E-state index contributed by atoms with van der Waals surface area (Å²) in [6, 6.07) is 6.30. The zero-order valence-corrected chi connectivity index (χ0v) is 15.3. The molecule has 2 atom stereocenters. The molecular weight excluding hydrogens is 356 g/mol. The first-order valence-corrected chi connectivity index (χ1v) is 7.85. The molecule has 1 aromatic carbocycles. The van der Waals surface area contributed by atoms with Gasteiger partial charge in [0.2, 0.25) is 0 Å². The number of methoxy groups -OCH3 is 3. The summed E-state index contributed by atoms with van der Waals surface area (Å²) >= 11 is 0. The summed E-state index contributed by atoms with van der Waals surface area (Å²) < 4.78 is 13.9. The smallest absolute Gasteiger partial charge is 0.328 e. The lowest BCUT2D eigenvalue weighted by Gasteiger charge is -2.27. The molecule has 0 aliphatic carbocycles. The zero-order chi connectivity index (χ0) is 20.6. The summed E-state index contributed by atoms with van der Waals surface area (Å²) in [5.74, 6) is -5.76. The van der Waals surface area contributed by atoms with Gasteiger partial charge in [-0.3, -0.25) is 14.4 Å². The SMILES string of the molecule is COC(=O)C(C(=O)OC)[C@@H](C)[C@H](NC(=O)c1ccc(C#N)cc1)C(=O)OC. The maximum absolute atomic E-state index is 12.4. The molecule has 0 spiro atoms. The van der Waals surface area contributed by atoms with Crippen LogP contribution in [-0.4, -0.2) is 51.2 Å².